The van der Waals surface area contributed by atoms with E-state index in [-0.39, 0.29) is 22.5 Å². The smallest absolute Gasteiger partial charge is 0.415 e. The molecule has 9 heteroatoms. The summed E-state index contributed by atoms with van der Waals surface area (Å²) in [5.41, 5.74) is -0.170. The van der Waals surface area contributed by atoms with Crippen molar-refractivity contribution in [2.75, 3.05) is 4.90 Å². The molecule has 0 atom stereocenters. The number of nitro groups is 1. The summed E-state index contributed by atoms with van der Waals surface area (Å²) in [6.07, 6.45) is -0.686. The van der Waals surface area contributed by atoms with E-state index in [2.05, 4.69) is 36.8 Å². The second kappa shape index (κ2) is 8.13. The lowest BCUT2D eigenvalue weighted by Crippen LogP contribution is -2.37. The number of hydrogen-bond donors (Lipinski definition) is 0. The summed E-state index contributed by atoms with van der Waals surface area (Å²) in [5.74, 6) is 0. The van der Waals surface area contributed by atoms with Crippen molar-refractivity contribution in [1.82, 2.24) is 4.98 Å². The number of amides is 1. The quantitative estimate of drug-likeness (QED) is 0.325. The average molecular weight is 487 g/mol. The van der Waals surface area contributed by atoms with Gasteiger partial charge in [-0.2, -0.15) is 0 Å². The third kappa shape index (κ3) is 5.25. The number of pyridine rings is 1. The molecule has 0 bridgehead atoms. The number of rotatable bonds is 4. The lowest BCUT2D eigenvalue weighted by Gasteiger charge is -2.27. The zero-order chi connectivity index (χ0) is 19.5. The van der Waals surface area contributed by atoms with Crippen LogP contribution in [-0.2, 0) is 11.3 Å². The van der Waals surface area contributed by atoms with Crippen molar-refractivity contribution < 1.29 is 14.5 Å². The normalized spacial score (nSPS) is 11.1. The number of ether oxygens (including phenoxy) is 1. The van der Waals surface area contributed by atoms with Gasteiger partial charge in [0.05, 0.1) is 11.5 Å². The fourth-order valence-electron chi connectivity index (χ4n) is 2.17. The highest BCUT2D eigenvalue weighted by molar-refractivity contribution is 9.11. The number of benzene rings is 1. The van der Waals surface area contributed by atoms with Crippen molar-refractivity contribution in [3.63, 3.8) is 0 Å². The van der Waals surface area contributed by atoms with Gasteiger partial charge >= 0.3 is 11.8 Å². The lowest BCUT2D eigenvalue weighted by molar-refractivity contribution is -0.385. The van der Waals surface area contributed by atoms with Crippen LogP contribution in [-0.4, -0.2) is 21.6 Å². The van der Waals surface area contributed by atoms with E-state index in [0.717, 1.165) is 5.56 Å². The Morgan fingerprint density at radius 1 is 1.27 bits per heavy atom. The van der Waals surface area contributed by atoms with Crippen LogP contribution in [0.25, 0.3) is 0 Å². The van der Waals surface area contributed by atoms with E-state index >= 15 is 0 Å². The maximum Gasteiger partial charge on any atom is 0.415 e. The Balaban J connectivity index is 2.57. The molecule has 26 heavy (non-hydrogen) atoms. The highest BCUT2D eigenvalue weighted by Gasteiger charge is 2.31. The van der Waals surface area contributed by atoms with Gasteiger partial charge in [-0.1, -0.05) is 30.3 Å². The summed E-state index contributed by atoms with van der Waals surface area (Å²) < 4.78 is 5.83. The molecule has 138 valence electrons. The van der Waals surface area contributed by atoms with Gasteiger partial charge in [-0.05, 0) is 58.2 Å². The van der Waals surface area contributed by atoms with Crippen LogP contribution in [0.5, 0.6) is 0 Å². The van der Waals surface area contributed by atoms with E-state index in [1.54, 1.807) is 20.8 Å². The second-order valence-electron chi connectivity index (χ2n) is 6.41. The molecular formula is C17H17Br2N3O4. The first kappa shape index (κ1) is 20.3. The molecule has 1 amide bonds. The van der Waals surface area contributed by atoms with Crippen LogP contribution in [0.3, 0.4) is 0 Å². The fraction of sp³-hybridized carbons (Fsp3) is 0.294. The summed E-state index contributed by atoms with van der Waals surface area (Å²) in [4.78, 5) is 29.0. The fourth-order valence-corrected chi connectivity index (χ4v) is 3.34. The number of aromatic nitrogens is 1. The van der Waals surface area contributed by atoms with Crippen LogP contribution < -0.4 is 4.90 Å². The van der Waals surface area contributed by atoms with Crippen LogP contribution in [0.15, 0.2) is 45.6 Å². The molecule has 0 saturated carbocycles. The number of nitrogens with zero attached hydrogens (tertiary/aromatic N) is 3. The molecule has 1 aromatic carbocycles. The number of anilines is 1. The minimum Gasteiger partial charge on any atom is -0.443 e. The van der Waals surface area contributed by atoms with Gasteiger partial charge in [0.25, 0.3) is 0 Å². The van der Waals surface area contributed by atoms with Gasteiger partial charge in [-0.25, -0.2) is 9.78 Å². The van der Waals surface area contributed by atoms with Crippen LogP contribution in [0.4, 0.5) is 16.2 Å². The largest absolute Gasteiger partial charge is 0.443 e. The van der Waals surface area contributed by atoms with Gasteiger partial charge in [0.15, 0.2) is 4.60 Å². The SMILES string of the molecule is CC(C)(C)OC(=O)N(Cc1ccccc1)c1cc(Br)nc(Br)c1[N+](=O)[O-]. The molecule has 0 aliphatic heterocycles. The lowest BCUT2D eigenvalue weighted by atomic mass is 10.2. The number of hydrogen-bond acceptors (Lipinski definition) is 5. The van der Waals surface area contributed by atoms with E-state index in [4.69, 9.17) is 4.74 Å². The Morgan fingerprint density at radius 3 is 2.42 bits per heavy atom. The predicted molar refractivity (Wildman–Crippen MR) is 105 cm³/mol. The first-order valence-corrected chi connectivity index (χ1v) is 9.22. The Labute approximate surface area is 167 Å². The third-order valence-corrected chi connectivity index (χ3v) is 4.13. The predicted octanol–water partition coefficient (Wildman–Crippen LogP) is 5.46. The third-order valence-electron chi connectivity index (χ3n) is 3.17. The van der Waals surface area contributed by atoms with Crippen LogP contribution in [0, 0.1) is 10.1 Å². The van der Waals surface area contributed by atoms with E-state index < -0.39 is 16.6 Å². The number of carbonyl (C=O) groups excluding carboxylic acids is 1. The molecule has 2 rings (SSSR count). The molecule has 0 N–H and O–H groups in total. The molecule has 0 aliphatic carbocycles. The van der Waals surface area contributed by atoms with Gasteiger partial charge < -0.3 is 4.74 Å². The zero-order valence-corrected chi connectivity index (χ0v) is 17.6. The Morgan fingerprint density at radius 2 is 1.88 bits per heavy atom. The van der Waals surface area contributed by atoms with Crippen molar-refractivity contribution in [3.8, 4) is 0 Å². The van der Waals surface area contributed by atoms with Crippen LogP contribution in [0.1, 0.15) is 26.3 Å². The molecule has 0 radical (unpaired) electrons. The summed E-state index contributed by atoms with van der Waals surface area (Å²) >= 11 is 6.32. The number of carbonyl (C=O) groups is 1. The van der Waals surface area contributed by atoms with Crippen molar-refractivity contribution >= 4 is 49.3 Å². The zero-order valence-electron chi connectivity index (χ0n) is 14.4. The highest BCUT2D eigenvalue weighted by Crippen LogP contribution is 2.37. The molecule has 0 saturated heterocycles. The van der Waals surface area contributed by atoms with E-state index in [1.807, 2.05) is 30.3 Å². The summed E-state index contributed by atoms with van der Waals surface area (Å²) in [6, 6.07) is 10.6. The van der Waals surface area contributed by atoms with Gasteiger partial charge in [0.2, 0.25) is 0 Å². The Bertz CT molecular complexity index is 823. The minimum absolute atomic E-state index is 0.0218. The van der Waals surface area contributed by atoms with Gasteiger partial charge in [-0.3, -0.25) is 15.0 Å². The van der Waals surface area contributed by atoms with Crippen molar-refractivity contribution in [2.45, 2.75) is 32.9 Å². The Hall–Kier alpha value is -2.00. The van der Waals surface area contributed by atoms with E-state index in [9.17, 15) is 14.9 Å². The Kier molecular flexibility index (Phi) is 6.35. The maximum atomic E-state index is 12.8. The van der Waals surface area contributed by atoms with E-state index in [1.165, 1.54) is 11.0 Å². The van der Waals surface area contributed by atoms with Crippen LogP contribution >= 0.6 is 31.9 Å². The summed E-state index contributed by atoms with van der Waals surface area (Å²) in [5, 5.41) is 11.6. The summed E-state index contributed by atoms with van der Waals surface area (Å²) in [7, 11) is 0. The topological polar surface area (TPSA) is 85.6 Å². The van der Waals surface area contributed by atoms with Gasteiger partial charge in [-0.15, -0.1) is 0 Å². The molecule has 7 nitrogen and oxygen atoms in total. The molecule has 0 spiro atoms. The first-order chi connectivity index (χ1) is 12.1. The number of halogens is 2. The van der Waals surface area contributed by atoms with Crippen LogP contribution in [0.2, 0.25) is 0 Å². The van der Waals surface area contributed by atoms with E-state index in [0.29, 0.717) is 4.60 Å². The average Bonchev–Trinajstić information content (AvgIpc) is 2.50. The molecule has 2 aromatic rings. The monoisotopic (exact) mass is 485 g/mol. The van der Waals surface area contributed by atoms with Crippen molar-refractivity contribution in [1.29, 1.82) is 0 Å². The maximum absolute atomic E-state index is 12.8. The summed E-state index contributed by atoms with van der Waals surface area (Å²) in [6.45, 7) is 5.31. The standard InChI is InChI=1S/C17H17Br2N3O4/c1-17(2,3)26-16(23)21(10-11-7-5-4-6-8-11)12-9-13(18)20-15(19)14(12)22(24)25/h4-9H,10H2,1-3H3. The molecule has 1 aromatic heterocycles. The first-order valence-electron chi connectivity index (χ1n) is 7.63. The van der Waals surface area contributed by atoms with Crippen molar-refractivity contribution in [3.05, 3.63) is 61.3 Å². The minimum atomic E-state index is -0.748. The molecule has 1 heterocycles. The van der Waals surface area contributed by atoms with Gasteiger partial charge in [0, 0.05) is 6.07 Å². The molecule has 0 aliphatic rings. The highest BCUT2D eigenvalue weighted by atomic mass is 79.9. The molecular weight excluding hydrogens is 470 g/mol. The molecule has 0 unspecified atom stereocenters. The molecule has 0 fully saturated rings. The van der Waals surface area contributed by atoms with Gasteiger partial charge in [0.1, 0.15) is 15.9 Å². The second-order valence-corrected chi connectivity index (χ2v) is 7.98. The van der Waals surface area contributed by atoms with Crippen molar-refractivity contribution in [2.24, 2.45) is 0 Å².